The monoisotopic (exact) mass is 439 g/mol. The first-order chi connectivity index (χ1) is 13.1. The molecule has 2 aromatic heterocycles. The van der Waals surface area contributed by atoms with Gasteiger partial charge in [-0.3, -0.25) is 5.43 Å². The zero-order valence-electron chi connectivity index (χ0n) is 14.3. The number of para-hydroxylation sites is 1. The number of aromatic nitrogens is 1. The van der Waals surface area contributed by atoms with Crippen LogP contribution in [0.4, 0.5) is 5.13 Å². The van der Waals surface area contributed by atoms with E-state index in [4.69, 9.17) is 4.42 Å². The molecule has 0 atom stereocenters. The molecule has 27 heavy (non-hydrogen) atoms. The molecule has 2 heterocycles. The van der Waals surface area contributed by atoms with Crippen molar-refractivity contribution < 1.29 is 4.42 Å². The van der Waals surface area contributed by atoms with E-state index in [1.165, 1.54) is 11.3 Å². The number of rotatable bonds is 4. The molecule has 0 fully saturated rings. The van der Waals surface area contributed by atoms with Crippen LogP contribution >= 0.6 is 27.3 Å². The van der Waals surface area contributed by atoms with Crippen molar-refractivity contribution in [2.45, 2.75) is 6.92 Å². The average molecular weight is 440 g/mol. The SMILES string of the molecule is C/C(=N\Nc1ncc(-c2cc3ccccc3oc2=O)s1)c1ccc(Br)cc1. The third-order valence-corrected chi connectivity index (χ3v) is 5.46. The van der Waals surface area contributed by atoms with Crippen LogP contribution in [0.25, 0.3) is 21.4 Å². The molecule has 5 nitrogen and oxygen atoms in total. The van der Waals surface area contributed by atoms with Crippen molar-refractivity contribution in [1.82, 2.24) is 4.98 Å². The molecule has 0 amide bonds. The van der Waals surface area contributed by atoms with Gasteiger partial charge in [-0.05, 0) is 36.8 Å². The summed E-state index contributed by atoms with van der Waals surface area (Å²) in [5, 5.41) is 5.85. The summed E-state index contributed by atoms with van der Waals surface area (Å²) in [6.07, 6.45) is 1.65. The summed E-state index contributed by atoms with van der Waals surface area (Å²) < 4.78 is 6.41. The number of thiazole rings is 1. The van der Waals surface area contributed by atoms with Crippen molar-refractivity contribution in [2.24, 2.45) is 5.10 Å². The number of benzene rings is 2. The molecule has 2 aromatic carbocycles. The lowest BCUT2D eigenvalue weighted by Gasteiger charge is -2.01. The normalized spacial score (nSPS) is 11.7. The van der Waals surface area contributed by atoms with Gasteiger partial charge < -0.3 is 4.42 Å². The second-order valence-electron chi connectivity index (χ2n) is 5.83. The van der Waals surface area contributed by atoms with Crippen LogP contribution in [-0.2, 0) is 0 Å². The average Bonchev–Trinajstić information content (AvgIpc) is 3.15. The molecule has 134 valence electrons. The van der Waals surface area contributed by atoms with Crippen LogP contribution < -0.4 is 11.1 Å². The first-order valence-corrected chi connectivity index (χ1v) is 9.76. The van der Waals surface area contributed by atoms with Crippen LogP contribution in [0.5, 0.6) is 0 Å². The van der Waals surface area contributed by atoms with E-state index in [9.17, 15) is 4.79 Å². The maximum Gasteiger partial charge on any atom is 0.345 e. The summed E-state index contributed by atoms with van der Waals surface area (Å²) >= 11 is 4.77. The zero-order valence-corrected chi connectivity index (χ0v) is 16.7. The number of nitrogens with one attached hydrogen (secondary N) is 1. The van der Waals surface area contributed by atoms with Gasteiger partial charge in [-0.15, -0.1) is 0 Å². The Kier molecular flexibility index (Phi) is 4.87. The summed E-state index contributed by atoms with van der Waals surface area (Å²) in [6, 6.07) is 17.2. The first-order valence-electron chi connectivity index (χ1n) is 8.15. The Morgan fingerprint density at radius 3 is 2.78 bits per heavy atom. The standard InChI is InChI=1S/C20H14BrN3O2S/c1-12(13-6-8-15(21)9-7-13)23-24-20-22-11-18(27-20)16-10-14-4-2-3-5-17(14)26-19(16)25/h2-11H,1H3,(H,22,24)/b23-12+. The molecule has 0 bridgehead atoms. The number of nitrogens with zero attached hydrogens (tertiary/aromatic N) is 2. The fraction of sp³-hybridized carbons (Fsp3) is 0.0500. The third-order valence-electron chi connectivity index (χ3n) is 3.99. The molecule has 4 rings (SSSR count). The Labute approximate surface area is 167 Å². The highest BCUT2D eigenvalue weighted by molar-refractivity contribution is 9.10. The van der Waals surface area contributed by atoms with Crippen LogP contribution in [0.2, 0.25) is 0 Å². The Hall–Kier alpha value is -2.77. The van der Waals surface area contributed by atoms with Crippen LogP contribution in [0.1, 0.15) is 12.5 Å². The quantitative estimate of drug-likeness (QED) is 0.258. The molecule has 0 saturated carbocycles. The van der Waals surface area contributed by atoms with Gasteiger partial charge in [0.15, 0.2) is 0 Å². The van der Waals surface area contributed by atoms with Crippen LogP contribution in [0.3, 0.4) is 0 Å². The molecule has 0 radical (unpaired) electrons. The fourth-order valence-corrected chi connectivity index (χ4v) is 3.60. The second-order valence-corrected chi connectivity index (χ2v) is 7.78. The highest BCUT2D eigenvalue weighted by Gasteiger charge is 2.11. The Bertz CT molecular complexity index is 1200. The van der Waals surface area contributed by atoms with Crippen molar-refractivity contribution in [2.75, 3.05) is 5.43 Å². The van der Waals surface area contributed by atoms with Gasteiger partial charge in [0.05, 0.1) is 16.2 Å². The van der Waals surface area contributed by atoms with Gasteiger partial charge in [-0.1, -0.05) is 57.6 Å². The molecule has 0 aliphatic heterocycles. The van der Waals surface area contributed by atoms with Crippen LogP contribution in [-0.4, -0.2) is 10.7 Å². The zero-order chi connectivity index (χ0) is 18.8. The number of halogens is 1. The summed E-state index contributed by atoms with van der Waals surface area (Å²) in [5.41, 5.74) is 5.49. The van der Waals surface area contributed by atoms with Crippen molar-refractivity contribution in [3.05, 3.63) is 81.3 Å². The van der Waals surface area contributed by atoms with Crippen molar-refractivity contribution in [3.8, 4) is 10.4 Å². The van der Waals surface area contributed by atoms with Gasteiger partial charge in [-0.2, -0.15) is 5.10 Å². The van der Waals surface area contributed by atoms with Gasteiger partial charge >= 0.3 is 5.63 Å². The molecular weight excluding hydrogens is 426 g/mol. The highest BCUT2D eigenvalue weighted by Crippen LogP contribution is 2.28. The lowest BCUT2D eigenvalue weighted by atomic mass is 10.1. The molecular formula is C20H14BrN3O2S. The predicted octanol–water partition coefficient (Wildman–Crippen LogP) is 5.52. The molecule has 0 spiro atoms. The minimum Gasteiger partial charge on any atom is -0.422 e. The van der Waals surface area contributed by atoms with E-state index < -0.39 is 0 Å². The Morgan fingerprint density at radius 1 is 1.19 bits per heavy atom. The highest BCUT2D eigenvalue weighted by atomic mass is 79.9. The summed E-state index contributed by atoms with van der Waals surface area (Å²) in [7, 11) is 0. The van der Waals surface area contributed by atoms with Crippen LogP contribution in [0.15, 0.2) is 79.6 Å². The van der Waals surface area contributed by atoms with E-state index in [1.54, 1.807) is 12.3 Å². The van der Waals surface area contributed by atoms with E-state index in [0.29, 0.717) is 16.3 Å². The van der Waals surface area contributed by atoms with E-state index in [0.717, 1.165) is 26.0 Å². The van der Waals surface area contributed by atoms with E-state index in [-0.39, 0.29) is 5.63 Å². The largest absolute Gasteiger partial charge is 0.422 e. The van der Waals surface area contributed by atoms with Gasteiger partial charge in [0.25, 0.3) is 0 Å². The molecule has 0 unspecified atom stereocenters. The lowest BCUT2D eigenvalue weighted by molar-refractivity contribution is 0.563. The van der Waals surface area contributed by atoms with E-state index in [2.05, 4.69) is 31.4 Å². The number of anilines is 1. The third kappa shape index (κ3) is 3.84. The molecule has 1 N–H and O–H groups in total. The summed E-state index contributed by atoms with van der Waals surface area (Å²) in [6.45, 7) is 1.92. The maximum absolute atomic E-state index is 12.3. The Balaban J connectivity index is 1.58. The second kappa shape index (κ2) is 7.46. The van der Waals surface area contributed by atoms with Crippen molar-refractivity contribution in [1.29, 1.82) is 0 Å². The fourth-order valence-electron chi connectivity index (χ4n) is 2.57. The number of hydrogen-bond acceptors (Lipinski definition) is 6. The summed E-state index contributed by atoms with van der Waals surface area (Å²) in [5.74, 6) is 0. The van der Waals surface area contributed by atoms with E-state index >= 15 is 0 Å². The van der Waals surface area contributed by atoms with Crippen molar-refractivity contribution in [3.63, 3.8) is 0 Å². The number of hydrogen-bond donors (Lipinski definition) is 1. The first kappa shape index (κ1) is 17.6. The topological polar surface area (TPSA) is 67.5 Å². The minimum absolute atomic E-state index is 0.376. The Morgan fingerprint density at radius 2 is 1.96 bits per heavy atom. The van der Waals surface area contributed by atoms with Gasteiger partial charge in [0.1, 0.15) is 5.58 Å². The predicted molar refractivity (Wildman–Crippen MR) is 114 cm³/mol. The van der Waals surface area contributed by atoms with Gasteiger partial charge in [0.2, 0.25) is 5.13 Å². The van der Waals surface area contributed by atoms with Gasteiger partial charge in [-0.25, -0.2) is 9.78 Å². The minimum atomic E-state index is -0.376. The molecule has 0 aliphatic carbocycles. The molecule has 4 aromatic rings. The lowest BCUT2D eigenvalue weighted by Crippen LogP contribution is -2.01. The van der Waals surface area contributed by atoms with E-state index in [1.807, 2.05) is 55.5 Å². The smallest absolute Gasteiger partial charge is 0.345 e. The molecule has 0 saturated heterocycles. The van der Waals surface area contributed by atoms with Crippen molar-refractivity contribution >= 4 is 49.1 Å². The molecule has 0 aliphatic rings. The number of fused-ring (bicyclic) bond motifs is 1. The maximum atomic E-state index is 12.3. The van der Waals surface area contributed by atoms with Gasteiger partial charge in [0, 0.05) is 16.1 Å². The molecule has 7 heteroatoms. The van der Waals surface area contributed by atoms with Crippen LogP contribution in [0, 0.1) is 0 Å². The summed E-state index contributed by atoms with van der Waals surface area (Å²) in [4.78, 5) is 17.3. The number of hydrazone groups is 1.